The normalized spacial score (nSPS) is 23.0. The summed E-state index contributed by atoms with van der Waals surface area (Å²) in [5.74, 6) is -1.32. The molecule has 1 aliphatic heterocycles. The molecule has 0 atom stereocenters. The Balaban J connectivity index is 2.31. The number of hydrogen-bond donors (Lipinski definition) is 0. The van der Waals surface area contributed by atoms with Crippen LogP contribution in [0.1, 0.15) is 0 Å². The number of benzene rings is 1. The van der Waals surface area contributed by atoms with Crippen LogP contribution in [0.25, 0.3) is 0 Å². The second-order valence-corrected chi connectivity index (χ2v) is 5.02. The average molecular weight is 249 g/mol. The number of alkyl halides is 2. The summed E-state index contributed by atoms with van der Waals surface area (Å²) in [6, 6.07) is 4.36. The Labute approximate surface area is 91.6 Å². The van der Waals surface area contributed by atoms with Crippen LogP contribution >= 0.6 is 0 Å². The molecular formula is C9H9F2NO3S. The lowest BCUT2D eigenvalue weighted by Crippen LogP contribution is -2.53. The van der Waals surface area contributed by atoms with Crippen molar-refractivity contribution in [3.63, 3.8) is 0 Å². The van der Waals surface area contributed by atoms with E-state index in [1.54, 1.807) is 18.2 Å². The third-order valence-electron chi connectivity index (χ3n) is 2.17. The second kappa shape index (κ2) is 3.67. The molecule has 1 aromatic carbocycles. The molecule has 0 radical (unpaired) electrons. The van der Waals surface area contributed by atoms with E-state index in [1.165, 1.54) is 12.1 Å². The quantitative estimate of drug-likeness (QED) is 0.557. The first kappa shape index (κ1) is 11.3. The molecule has 1 fully saturated rings. The number of para-hydroxylation sites is 1. The van der Waals surface area contributed by atoms with Gasteiger partial charge in [-0.2, -0.15) is 17.2 Å². The van der Waals surface area contributed by atoms with Crippen LogP contribution in [-0.2, 0) is 14.3 Å². The zero-order valence-corrected chi connectivity index (χ0v) is 8.95. The molecular weight excluding hydrogens is 240 g/mol. The van der Waals surface area contributed by atoms with Crippen molar-refractivity contribution in [1.29, 1.82) is 0 Å². The van der Waals surface area contributed by atoms with Gasteiger partial charge in [-0.15, -0.1) is 0 Å². The van der Waals surface area contributed by atoms with Gasteiger partial charge in [-0.3, -0.25) is 4.90 Å². The fourth-order valence-corrected chi connectivity index (χ4v) is 2.36. The van der Waals surface area contributed by atoms with Gasteiger partial charge in [-0.1, -0.05) is 18.2 Å². The Bertz CT molecular complexity index is 475. The van der Waals surface area contributed by atoms with Crippen molar-refractivity contribution in [2.75, 3.05) is 17.4 Å². The molecule has 88 valence electrons. The first-order valence-electron chi connectivity index (χ1n) is 4.48. The van der Waals surface area contributed by atoms with Gasteiger partial charge >= 0.3 is 6.05 Å². The van der Waals surface area contributed by atoms with Gasteiger partial charge in [0.25, 0.3) is 10.1 Å². The first-order valence-corrected chi connectivity index (χ1v) is 6.06. The van der Waals surface area contributed by atoms with E-state index in [1.807, 2.05) is 0 Å². The first-order chi connectivity index (χ1) is 7.41. The zero-order chi connectivity index (χ0) is 11.8. The molecule has 0 bridgehead atoms. The third kappa shape index (κ3) is 2.14. The Morgan fingerprint density at radius 3 is 2.44 bits per heavy atom. The van der Waals surface area contributed by atoms with Crippen molar-refractivity contribution in [3.8, 4) is 0 Å². The fraction of sp³-hybridized carbons (Fsp3) is 0.333. The van der Waals surface area contributed by atoms with Crippen molar-refractivity contribution < 1.29 is 21.4 Å². The molecule has 4 nitrogen and oxygen atoms in total. The van der Waals surface area contributed by atoms with E-state index >= 15 is 0 Å². The highest BCUT2D eigenvalue weighted by Crippen LogP contribution is 2.32. The Morgan fingerprint density at radius 2 is 1.88 bits per heavy atom. The van der Waals surface area contributed by atoms with Crippen molar-refractivity contribution in [3.05, 3.63) is 30.3 Å². The summed E-state index contributed by atoms with van der Waals surface area (Å²) in [4.78, 5) is 0.619. The van der Waals surface area contributed by atoms with Gasteiger partial charge < -0.3 is 0 Å². The van der Waals surface area contributed by atoms with Gasteiger partial charge in [0.05, 0.1) is 0 Å². The minimum atomic E-state index is -4.12. The molecule has 7 heteroatoms. The summed E-state index contributed by atoms with van der Waals surface area (Å²) >= 11 is 0. The minimum Gasteiger partial charge on any atom is -0.288 e. The van der Waals surface area contributed by atoms with Crippen LogP contribution in [0.3, 0.4) is 0 Å². The fourth-order valence-electron chi connectivity index (χ4n) is 1.43. The topological polar surface area (TPSA) is 46.6 Å². The van der Waals surface area contributed by atoms with E-state index in [4.69, 9.17) is 0 Å². The van der Waals surface area contributed by atoms with Gasteiger partial charge in [0.15, 0.2) is 5.75 Å². The Morgan fingerprint density at radius 1 is 1.25 bits per heavy atom. The molecule has 0 N–H and O–H groups in total. The Kier molecular flexibility index (Phi) is 2.59. The summed E-state index contributed by atoms with van der Waals surface area (Å²) in [5.41, 5.74) is 0.224. The lowest BCUT2D eigenvalue weighted by atomic mass is 10.3. The lowest BCUT2D eigenvalue weighted by Gasteiger charge is -2.35. The van der Waals surface area contributed by atoms with Gasteiger partial charge in [0.2, 0.25) is 0 Å². The molecule has 1 heterocycles. The highest BCUT2D eigenvalue weighted by molar-refractivity contribution is 7.86. The van der Waals surface area contributed by atoms with E-state index in [-0.39, 0.29) is 5.69 Å². The average Bonchev–Trinajstić information content (AvgIpc) is 2.16. The summed E-state index contributed by atoms with van der Waals surface area (Å²) in [7, 11) is -4.12. The van der Waals surface area contributed by atoms with Crippen molar-refractivity contribution in [1.82, 2.24) is 0 Å². The molecule has 1 aliphatic rings. The van der Waals surface area contributed by atoms with Crippen LogP contribution in [-0.4, -0.2) is 26.9 Å². The molecule has 0 saturated carbocycles. The van der Waals surface area contributed by atoms with E-state index in [2.05, 4.69) is 4.18 Å². The van der Waals surface area contributed by atoms with E-state index in [9.17, 15) is 17.2 Å². The van der Waals surface area contributed by atoms with Crippen LogP contribution in [0.5, 0.6) is 0 Å². The summed E-state index contributed by atoms with van der Waals surface area (Å²) in [6.45, 7) is -0.667. The van der Waals surface area contributed by atoms with E-state index in [0.717, 1.165) is 0 Å². The maximum atomic E-state index is 13.5. The van der Waals surface area contributed by atoms with Gasteiger partial charge in [-0.25, -0.2) is 4.18 Å². The zero-order valence-electron chi connectivity index (χ0n) is 8.14. The molecule has 2 rings (SSSR count). The molecule has 0 unspecified atom stereocenters. The molecule has 16 heavy (non-hydrogen) atoms. The number of hydrogen-bond acceptors (Lipinski definition) is 4. The molecule has 1 aromatic rings. The molecule has 0 aromatic heterocycles. The smallest absolute Gasteiger partial charge is 0.288 e. The summed E-state index contributed by atoms with van der Waals surface area (Å²) in [5, 5.41) is 0. The second-order valence-electron chi connectivity index (χ2n) is 3.38. The van der Waals surface area contributed by atoms with Gasteiger partial charge in [0, 0.05) is 5.69 Å². The van der Waals surface area contributed by atoms with E-state index in [0.29, 0.717) is 4.90 Å². The van der Waals surface area contributed by atoms with Crippen LogP contribution in [0.15, 0.2) is 30.3 Å². The standard InChI is InChI=1S/C9H9F2NO3S/c10-9(11)6-16(13,14)15-7-12(9)8-4-2-1-3-5-8/h1-5H,6-7H2. The number of rotatable bonds is 1. The highest BCUT2D eigenvalue weighted by Gasteiger charge is 2.47. The van der Waals surface area contributed by atoms with E-state index < -0.39 is 28.6 Å². The monoisotopic (exact) mass is 249 g/mol. The van der Waals surface area contributed by atoms with Crippen molar-refractivity contribution in [2.45, 2.75) is 6.05 Å². The largest absolute Gasteiger partial charge is 0.343 e. The van der Waals surface area contributed by atoms with Gasteiger partial charge in [-0.05, 0) is 12.1 Å². The summed E-state index contributed by atoms with van der Waals surface area (Å²) in [6.07, 6.45) is 0. The van der Waals surface area contributed by atoms with Crippen molar-refractivity contribution >= 4 is 15.8 Å². The van der Waals surface area contributed by atoms with Crippen molar-refractivity contribution in [2.24, 2.45) is 0 Å². The number of halogens is 2. The summed E-state index contributed by atoms with van der Waals surface area (Å²) < 4.78 is 53.2. The predicted molar refractivity (Wildman–Crippen MR) is 53.6 cm³/mol. The molecule has 0 amide bonds. The highest BCUT2D eigenvalue weighted by atomic mass is 32.2. The number of nitrogens with zero attached hydrogens (tertiary/aromatic N) is 1. The third-order valence-corrected chi connectivity index (χ3v) is 3.34. The molecule has 0 aliphatic carbocycles. The SMILES string of the molecule is O=S1(=O)CC(F)(F)N(c2ccccc2)CO1. The van der Waals surface area contributed by atoms with Crippen LogP contribution in [0, 0.1) is 0 Å². The van der Waals surface area contributed by atoms with Gasteiger partial charge in [0.1, 0.15) is 6.73 Å². The van der Waals surface area contributed by atoms with Crippen LogP contribution in [0.4, 0.5) is 14.5 Å². The molecule has 0 spiro atoms. The molecule has 1 saturated heterocycles. The maximum Gasteiger partial charge on any atom is 0.343 e. The van der Waals surface area contributed by atoms with Crippen LogP contribution in [0.2, 0.25) is 0 Å². The predicted octanol–water partition coefficient (Wildman–Crippen LogP) is 1.40. The maximum absolute atomic E-state index is 13.5. The lowest BCUT2D eigenvalue weighted by molar-refractivity contribution is -0.00599. The number of anilines is 1. The minimum absolute atomic E-state index is 0.224. The van der Waals surface area contributed by atoms with Crippen LogP contribution < -0.4 is 4.90 Å². The Hall–Kier alpha value is -1.21.